The fourth-order valence-electron chi connectivity index (χ4n) is 1.73. The molecule has 1 rings (SSSR count). The Hall–Kier alpha value is -1.53. The molecule has 3 N–H and O–H groups in total. The first-order chi connectivity index (χ1) is 9.99. The Morgan fingerprint density at radius 3 is 2.41 bits per heavy atom. The quantitative estimate of drug-likeness (QED) is 0.786. The molecule has 0 spiro atoms. The summed E-state index contributed by atoms with van der Waals surface area (Å²) in [5.41, 5.74) is 6.44. The molecular weight excluding hydrogens is 298 g/mol. The van der Waals surface area contributed by atoms with Gasteiger partial charge in [-0.15, -0.1) is 0 Å². The minimum atomic E-state index is -2.07. The molecule has 0 saturated carbocycles. The zero-order valence-corrected chi connectivity index (χ0v) is 15.3. The molecule has 1 unspecified atom stereocenters. The van der Waals surface area contributed by atoms with Crippen LogP contribution in [-0.4, -0.2) is 32.5 Å². The van der Waals surface area contributed by atoms with Crippen molar-refractivity contribution in [3.63, 3.8) is 0 Å². The molecule has 1 aromatic carbocycles. The summed E-state index contributed by atoms with van der Waals surface area (Å²) in [6.45, 7) is 10.7. The van der Waals surface area contributed by atoms with Crippen LogP contribution in [0, 0.1) is 0 Å². The summed E-state index contributed by atoms with van der Waals surface area (Å²) in [5.74, 6) is 0.203. The van der Waals surface area contributed by atoms with E-state index in [1.54, 1.807) is 7.11 Å². The third-order valence-corrected chi connectivity index (χ3v) is 8.53. The number of ether oxygens (including phenoxy) is 1. The van der Waals surface area contributed by atoms with E-state index in [0.29, 0.717) is 11.5 Å². The number of carboxylic acids is 1. The van der Waals surface area contributed by atoms with Crippen LogP contribution in [0.5, 0.6) is 11.5 Å². The van der Waals surface area contributed by atoms with Crippen LogP contribution in [0.3, 0.4) is 0 Å². The van der Waals surface area contributed by atoms with Gasteiger partial charge in [-0.2, -0.15) is 0 Å². The maximum Gasteiger partial charge on any atom is 0.320 e. The van der Waals surface area contributed by atoms with Gasteiger partial charge in [-0.05, 0) is 29.8 Å². The van der Waals surface area contributed by atoms with Crippen molar-refractivity contribution in [2.75, 3.05) is 7.11 Å². The van der Waals surface area contributed by atoms with E-state index < -0.39 is 20.3 Å². The lowest BCUT2D eigenvalue weighted by molar-refractivity contribution is -0.138. The number of hydrogen-bond acceptors (Lipinski definition) is 4. The van der Waals surface area contributed by atoms with E-state index >= 15 is 0 Å². The number of carbonyl (C=O) groups is 1. The van der Waals surface area contributed by atoms with Gasteiger partial charge in [0, 0.05) is 6.42 Å². The van der Waals surface area contributed by atoms with Gasteiger partial charge in [-0.1, -0.05) is 32.9 Å². The van der Waals surface area contributed by atoms with Gasteiger partial charge in [0.2, 0.25) is 0 Å². The highest BCUT2D eigenvalue weighted by molar-refractivity contribution is 6.74. The van der Waals surface area contributed by atoms with Crippen LogP contribution in [0.15, 0.2) is 18.2 Å². The van der Waals surface area contributed by atoms with Gasteiger partial charge >= 0.3 is 5.97 Å². The van der Waals surface area contributed by atoms with E-state index in [1.165, 1.54) is 0 Å². The number of carboxylic acid groups (broad SMARTS) is 1. The third kappa shape index (κ3) is 4.24. The molecule has 5 nitrogen and oxygen atoms in total. The number of para-hydroxylation sites is 1. The monoisotopic (exact) mass is 325 g/mol. The molecule has 0 radical (unpaired) electrons. The average molecular weight is 325 g/mol. The van der Waals surface area contributed by atoms with Crippen molar-refractivity contribution in [1.82, 2.24) is 0 Å². The number of benzene rings is 1. The lowest BCUT2D eigenvalue weighted by atomic mass is 10.1. The van der Waals surface area contributed by atoms with Gasteiger partial charge in [0.05, 0.1) is 7.11 Å². The molecule has 0 amide bonds. The number of methoxy groups -OCH3 is 1. The molecule has 0 bridgehead atoms. The highest BCUT2D eigenvalue weighted by atomic mass is 28.4. The molecule has 0 aliphatic rings. The van der Waals surface area contributed by atoms with E-state index in [0.717, 1.165) is 5.56 Å². The molecule has 0 aliphatic heterocycles. The highest BCUT2D eigenvalue weighted by Gasteiger charge is 2.40. The molecule has 0 heterocycles. The van der Waals surface area contributed by atoms with Gasteiger partial charge < -0.3 is 20.0 Å². The Balaban J connectivity index is 3.23. The number of hydrogen-bond donors (Lipinski definition) is 2. The summed E-state index contributed by atoms with van der Waals surface area (Å²) >= 11 is 0. The Bertz CT molecular complexity index is 537. The van der Waals surface area contributed by atoms with Crippen molar-refractivity contribution in [2.24, 2.45) is 5.73 Å². The summed E-state index contributed by atoms with van der Waals surface area (Å²) in [4.78, 5) is 11.0. The van der Waals surface area contributed by atoms with Crippen LogP contribution >= 0.6 is 0 Å². The zero-order valence-electron chi connectivity index (χ0n) is 14.3. The molecular formula is C16H27NO4Si. The normalized spacial score (nSPS) is 13.6. The Morgan fingerprint density at radius 2 is 1.95 bits per heavy atom. The van der Waals surface area contributed by atoms with Crippen molar-refractivity contribution < 1.29 is 19.1 Å². The maximum atomic E-state index is 11.0. The lowest BCUT2D eigenvalue weighted by Crippen LogP contribution is -2.44. The molecule has 0 aliphatic carbocycles. The van der Waals surface area contributed by atoms with Crippen molar-refractivity contribution in [2.45, 2.75) is 51.4 Å². The molecule has 124 valence electrons. The largest absolute Gasteiger partial charge is 0.541 e. The lowest BCUT2D eigenvalue weighted by Gasteiger charge is -2.37. The summed E-state index contributed by atoms with van der Waals surface area (Å²) in [5, 5.41) is 9.06. The third-order valence-electron chi connectivity index (χ3n) is 4.20. The molecule has 1 aromatic rings. The van der Waals surface area contributed by atoms with E-state index in [4.69, 9.17) is 20.0 Å². The molecule has 0 saturated heterocycles. The fourth-order valence-corrected chi connectivity index (χ4v) is 2.78. The molecule has 22 heavy (non-hydrogen) atoms. The second kappa shape index (κ2) is 6.70. The van der Waals surface area contributed by atoms with Crippen LogP contribution in [-0.2, 0) is 11.2 Å². The first-order valence-corrected chi connectivity index (χ1v) is 10.2. The van der Waals surface area contributed by atoms with Gasteiger partial charge in [0.15, 0.2) is 5.75 Å². The maximum absolute atomic E-state index is 11.0. The first-order valence-electron chi connectivity index (χ1n) is 7.33. The van der Waals surface area contributed by atoms with Gasteiger partial charge in [0.1, 0.15) is 11.8 Å². The van der Waals surface area contributed by atoms with Crippen molar-refractivity contribution in [3.8, 4) is 11.5 Å². The van der Waals surface area contributed by atoms with Crippen LogP contribution in [0.25, 0.3) is 0 Å². The number of aliphatic carboxylic acids is 1. The van der Waals surface area contributed by atoms with E-state index in [9.17, 15) is 4.79 Å². The molecule has 1 atom stereocenters. The van der Waals surface area contributed by atoms with Crippen molar-refractivity contribution >= 4 is 14.3 Å². The zero-order chi connectivity index (χ0) is 17.1. The van der Waals surface area contributed by atoms with Crippen molar-refractivity contribution in [3.05, 3.63) is 23.8 Å². The van der Waals surface area contributed by atoms with Gasteiger partial charge in [-0.25, -0.2) is 0 Å². The van der Waals surface area contributed by atoms with E-state index in [1.807, 2.05) is 18.2 Å². The molecule has 0 aromatic heterocycles. The Kier molecular flexibility index (Phi) is 5.64. The van der Waals surface area contributed by atoms with Gasteiger partial charge in [0.25, 0.3) is 8.32 Å². The Morgan fingerprint density at radius 1 is 1.36 bits per heavy atom. The first kappa shape index (κ1) is 18.5. The minimum Gasteiger partial charge on any atom is -0.541 e. The highest BCUT2D eigenvalue weighted by Crippen LogP contribution is 2.41. The van der Waals surface area contributed by atoms with Crippen LogP contribution < -0.4 is 14.9 Å². The molecule has 0 fully saturated rings. The minimum absolute atomic E-state index is 0.0278. The number of nitrogens with two attached hydrogens (primary N) is 1. The van der Waals surface area contributed by atoms with E-state index in [-0.39, 0.29) is 11.5 Å². The predicted molar refractivity (Wildman–Crippen MR) is 90.1 cm³/mol. The summed E-state index contributed by atoms with van der Waals surface area (Å²) in [6, 6.07) is 4.52. The van der Waals surface area contributed by atoms with Crippen LogP contribution in [0.2, 0.25) is 18.1 Å². The van der Waals surface area contributed by atoms with Crippen LogP contribution in [0.1, 0.15) is 26.3 Å². The second-order valence-electron chi connectivity index (χ2n) is 6.96. The summed E-state index contributed by atoms with van der Waals surface area (Å²) < 4.78 is 11.8. The summed E-state index contributed by atoms with van der Waals surface area (Å²) in [7, 11) is -0.493. The fraction of sp³-hybridized carbons (Fsp3) is 0.562. The van der Waals surface area contributed by atoms with Crippen LogP contribution in [0.4, 0.5) is 0 Å². The topological polar surface area (TPSA) is 81.8 Å². The number of rotatable bonds is 6. The Labute approximate surface area is 133 Å². The van der Waals surface area contributed by atoms with Gasteiger partial charge in [-0.3, -0.25) is 4.79 Å². The van der Waals surface area contributed by atoms with E-state index in [2.05, 4.69) is 33.9 Å². The van der Waals surface area contributed by atoms with Crippen molar-refractivity contribution in [1.29, 1.82) is 0 Å². The second-order valence-corrected chi connectivity index (χ2v) is 11.7. The predicted octanol–water partition coefficient (Wildman–Crippen LogP) is 3.03. The summed E-state index contributed by atoms with van der Waals surface area (Å²) in [6.07, 6.45) is 0.205. The smallest absolute Gasteiger partial charge is 0.320 e. The molecule has 6 heteroatoms. The SMILES string of the molecule is COc1cccc(CC(N)C(=O)O)c1O[Si](C)(C)C(C)(C)C. The standard InChI is InChI=1S/C16H27NO4Si/c1-16(2,3)22(5,6)21-14-11(10-12(17)15(18)19)8-7-9-13(14)20-4/h7-9,12H,10,17H2,1-6H3,(H,18,19). The average Bonchev–Trinajstić information content (AvgIpc) is 2.38.